The van der Waals surface area contributed by atoms with Gasteiger partial charge in [-0.1, -0.05) is 0 Å². The molecule has 0 unspecified atom stereocenters. The van der Waals surface area contributed by atoms with Crippen LogP contribution in [0.3, 0.4) is 0 Å². The molecule has 1 aromatic heterocycles. The van der Waals surface area contributed by atoms with E-state index in [1.807, 2.05) is 0 Å². The fourth-order valence-corrected chi connectivity index (χ4v) is 1.68. The lowest BCUT2D eigenvalue weighted by molar-refractivity contribution is 0.0693. The molecular formula is C14H12N2O5. The molecule has 0 bridgehead atoms. The van der Waals surface area contributed by atoms with Crippen LogP contribution in [0.15, 0.2) is 41.3 Å². The summed E-state index contributed by atoms with van der Waals surface area (Å²) < 4.78 is 1.32. The van der Waals surface area contributed by atoms with Crippen molar-refractivity contribution in [3.63, 3.8) is 0 Å². The molecule has 0 aliphatic heterocycles. The maximum Gasteiger partial charge on any atom is 0.339 e. The van der Waals surface area contributed by atoms with Crippen LogP contribution in [0.25, 0.3) is 0 Å². The van der Waals surface area contributed by atoms with Crippen molar-refractivity contribution >= 4 is 17.6 Å². The van der Waals surface area contributed by atoms with Crippen LogP contribution >= 0.6 is 0 Å². The van der Waals surface area contributed by atoms with Gasteiger partial charge >= 0.3 is 5.97 Å². The Morgan fingerprint density at radius 3 is 2.48 bits per heavy atom. The van der Waals surface area contributed by atoms with Crippen LogP contribution < -0.4 is 10.9 Å². The number of hydrogen-bond acceptors (Lipinski definition) is 4. The number of aromatic nitrogens is 1. The summed E-state index contributed by atoms with van der Waals surface area (Å²) in [6, 6.07) is 6.31. The lowest BCUT2D eigenvalue weighted by atomic mass is 10.1. The number of amides is 1. The van der Waals surface area contributed by atoms with E-state index in [0.29, 0.717) is 0 Å². The minimum Gasteiger partial charge on any atom is -0.507 e. The number of nitrogens with one attached hydrogen (secondary N) is 1. The first-order valence-electron chi connectivity index (χ1n) is 5.93. The first-order chi connectivity index (χ1) is 9.88. The SMILES string of the molecule is Cn1ccc(C(=O)Nc2ccc(C(=O)O)c(O)c2)cc1=O. The first-order valence-corrected chi connectivity index (χ1v) is 5.93. The summed E-state index contributed by atoms with van der Waals surface area (Å²) in [6.45, 7) is 0. The summed E-state index contributed by atoms with van der Waals surface area (Å²) in [4.78, 5) is 34.2. The van der Waals surface area contributed by atoms with Gasteiger partial charge in [-0.25, -0.2) is 4.79 Å². The summed E-state index contributed by atoms with van der Waals surface area (Å²) in [7, 11) is 1.56. The summed E-state index contributed by atoms with van der Waals surface area (Å²) in [5, 5.41) is 20.8. The fraction of sp³-hybridized carbons (Fsp3) is 0.0714. The number of aromatic carboxylic acids is 1. The van der Waals surface area contributed by atoms with Crippen molar-refractivity contribution in [3.8, 4) is 5.75 Å². The predicted molar refractivity (Wildman–Crippen MR) is 74.7 cm³/mol. The zero-order chi connectivity index (χ0) is 15.6. The summed E-state index contributed by atoms with van der Waals surface area (Å²) in [5.41, 5.74) is -0.198. The normalized spacial score (nSPS) is 10.1. The highest BCUT2D eigenvalue weighted by Gasteiger charge is 2.12. The van der Waals surface area contributed by atoms with E-state index in [4.69, 9.17) is 5.11 Å². The number of phenols is 1. The van der Waals surface area contributed by atoms with E-state index < -0.39 is 17.6 Å². The van der Waals surface area contributed by atoms with Crippen LogP contribution in [0.5, 0.6) is 5.75 Å². The number of carboxylic acid groups (broad SMARTS) is 1. The predicted octanol–water partition coefficient (Wildman–Crippen LogP) is 1.04. The third-order valence-corrected chi connectivity index (χ3v) is 2.85. The van der Waals surface area contributed by atoms with Crippen molar-refractivity contribution in [2.24, 2.45) is 7.05 Å². The number of nitrogens with zero attached hydrogens (tertiary/aromatic N) is 1. The Morgan fingerprint density at radius 1 is 1.19 bits per heavy atom. The monoisotopic (exact) mass is 288 g/mol. The van der Waals surface area contributed by atoms with Gasteiger partial charge in [0.15, 0.2) is 0 Å². The Kier molecular flexibility index (Phi) is 3.75. The zero-order valence-electron chi connectivity index (χ0n) is 11.0. The summed E-state index contributed by atoms with van der Waals surface area (Å²) in [5.74, 6) is -2.25. The van der Waals surface area contributed by atoms with Crippen molar-refractivity contribution < 1.29 is 19.8 Å². The van der Waals surface area contributed by atoms with E-state index in [2.05, 4.69) is 5.32 Å². The number of carbonyl (C=O) groups excluding carboxylic acids is 1. The van der Waals surface area contributed by atoms with Gasteiger partial charge < -0.3 is 20.1 Å². The third-order valence-electron chi connectivity index (χ3n) is 2.85. The zero-order valence-corrected chi connectivity index (χ0v) is 11.0. The van der Waals surface area contributed by atoms with Gasteiger partial charge in [-0.3, -0.25) is 9.59 Å². The van der Waals surface area contributed by atoms with Crippen LogP contribution in [0, 0.1) is 0 Å². The highest BCUT2D eigenvalue weighted by molar-refractivity contribution is 6.04. The molecule has 7 nitrogen and oxygen atoms in total. The van der Waals surface area contributed by atoms with Crippen LogP contribution in [0.4, 0.5) is 5.69 Å². The molecule has 0 aliphatic rings. The number of benzene rings is 1. The van der Waals surface area contributed by atoms with Gasteiger partial charge in [0.1, 0.15) is 11.3 Å². The molecule has 0 saturated heterocycles. The molecule has 108 valence electrons. The van der Waals surface area contributed by atoms with Gasteiger partial charge in [0.05, 0.1) is 0 Å². The van der Waals surface area contributed by atoms with E-state index in [-0.39, 0.29) is 22.4 Å². The Hall–Kier alpha value is -3.09. The molecule has 21 heavy (non-hydrogen) atoms. The average Bonchev–Trinajstić information content (AvgIpc) is 2.41. The standard InChI is InChI=1S/C14H12N2O5/c1-16-5-4-8(6-12(16)18)13(19)15-9-2-3-10(14(20)21)11(17)7-9/h2-7,17H,1H3,(H,15,19)(H,20,21). The fourth-order valence-electron chi connectivity index (χ4n) is 1.68. The lowest BCUT2D eigenvalue weighted by Gasteiger charge is -2.07. The van der Waals surface area contributed by atoms with Gasteiger partial charge in [0.2, 0.25) is 0 Å². The molecule has 1 heterocycles. The Balaban J connectivity index is 2.23. The van der Waals surface area contributed by atoms with Crippen LogP contribution in [-0.4, -0.2) is 26.7 Å². The molecule has 0 aliphatic carbocycles. The van der Waals surface area contributed by atoms with Gasteiger partial charge in [0, 0.05) is 36.6 Å². The van der Waals surface area contributed by atoms with E-state index >= 15 is 0 Å². The minimum absolute atomic E-state index is 0.167. The topological polar surface area (TPSA) is 109 Å². The summed E-state index contributed by atoms with van der Waals surface area (Å²) >= 11 is 0. The Bertz CT molecular complexity index is 779. The van der Waals surface area contributed by atoms with Crippen molar-refractivity contribution in [2.75, 3.05) is 5.32 Å². The minimum atomic E-state index is -1.27. The van der Waals surface area contributed by atoms with Crippen molar-refractivity contribution in [1.29, 1.82) is 0 Å². The lowest BCUT2D eigenvalue weighted by Crippen LogP contribution is -2.20. The van der Waals surface area contributed by atoms with Crippen molar-refractivity contribution in [3.05, 3.63) is 58.0 Å². The van der Waals surface area contributed by atoms with Crippen LogP contribution in [0.2, 0.25) is 0 Å². The molecule has 0 radical (unpaired) electrons. The van der Waals surface area contributed by atoms with Gasteiger partial charge in [-0.05, 0) is 18.2 Å². The highest BCUT2D eigenvalue weighted by Crippen LogP contribution is 2.22. The van der Waals surface area contributed by atoms with Gasteiger partial charge in [-0.15, -0.1) is 0 Å². The number of rotatable bonds is 3. The molecule has 1 amide bonds. The largest absolute Gasteiger partial charge is 0.507 e. The Labute approximate surface area is 119 Å². The quantitative estimate of drug-likeness (QED) is 0.782. The third kappa shape index (κ3) is 3.08. The van der Waals surface area contributed by atoms with Gasteiger partial charge in [0.25, 0.3) is 11.5 Å². The average molecular weight is 288 g/mol. The summed E-state index contributed by atoms with van der Waals surface area (Å²) in [6.07, 6.45) is 1.46. The van der Waals surface area contributed by atoms with E-state index in [0.717, 1.165) is 6.07 Å². The Morgan fingerprint density at radius 2 is 1.90 bits per heavy atom. The second kappa shape index (κ2) is 5.49. The van der Waals surface area contributed by atoms with E-state index in [1.165, 1.54) is 35.0 Å². The van der Waals surface area contributed by atoms with Crippen molar-refractivity contribution in [1.82, 2.24) is 4.57 Å². The number of anilines is 1. The maximum absolute atomic E-state index is 12.0. The number of carboxylic acids is 1. The number of hydrogen-bond donors (Lipinski definition) is 3. The van der Waals surface area contributed by atoms with Crippen LogP contribution in [0.1, 0.15) is 20.7 Å². The molecule has 2 rings (SSSR count). The number of pyridine rings is 1. The molecule has 1 aromatic carbocycles. The molecule has 0 spiro atoms. The highest BCUT2D eigenvalue weighted by atomic mass is 16.4. The van der Waals surface area contributed by atoms with E-state index in [1.54, 1.807) is 7.05 Å². The van der Waals surface area contributed by atoms with Crippen molar-refractivity contribution in [2.45, 2.75) is 0 Å². The number of carbonyl (C=O) groups is 2. The number of aryl methyl sites for hydroxylation is 1. The number of aromatic hydroxyl groups is 1. The molecule has 2 aromatic rings. The van der Waals surface area contributed by atoms with Gasteiger partial charge in [-0.2, -0.15) is 0 Å². The first kappa shape index (κ1) is 14.3. The molecule has 3 N–H and O–H groups in total. The van der Waals surface area contributed by atoms with Crippen LogP contribution in [-0.2, 0) is 7.05 Å². The molecule has 0 atom stereocenters. The smallest absolute Gasteiger partial charge is 0.339 e. The molecule has 0 saturated carbocycles. The molecular weight excluding hydrogens is 276 g/mol. The maximum atomic E-state index is 12.0. The second-order valence-electron chi connectivity index (χ2n) is 4.36. The van der Waals surface area contributed by atoms with E-state index in [9.17, 15) is 19.5 Å². The molecule has 7 heteroatoms. The molecule has 0 fully saturated rings. The second-order valence-corrected chi connectivity index (χ2v) is 4.36.